The van der Waals surface area contributed by atoms with E-state index in [1.165, 1.54) is 11.3 Å². The number of ether oxygens (including phenoxy) is 2. The van der Waals surface area contributed by atoms with Gasteiger partial charge in [0, 0.05) is 16.1 Å². The second kappa shape index (κ2) is 8.09. The molecule has 0 fully saturated rings. The third kappa shape index (κ3) is 4.38. The molecular weight excluding hydrogens is 364 g/mol. The van der Waals surface area contributed by atoms with Gasteiger partial charge in [0.25, 0.3) is 0 Å². The van der Waals surface area contributed by atoms with Gasteiger partial charge in [0.05, 0.1) is 26.3 Å². The van der Waals surface area contributed by atoms with Crippen molar-refractivity contribution in [3.8, 4) is 22.8 Å². The molecule has 0 unspecified atom stereocenters. The predicted molar refractivity (Wildman–Crippen MR) is 106 cm³/mol. The summed E-state index contributed by atoms with van der Waals surface area (Å²) in [5.41, 5.74) is 3.43. The van der Waals surface area contributed by atoms with Gasteiger partial charge in [0.15, 0.2) is 16.6 Å². The summed E-state index contributed by atoms with van der Waals surface area (Å²) in [6.45, 7) is 2.01. The summed E-state index contributed by atoms with van der Waals surface area (Å²) in [4.78, 5) is 16.6. The van der Waals surface area contributed by atoms with Crippen LogP contribution >= 0.6 is 11.3 Å². The standard InChI is InChI=1S/C20H20N2O4S/c1-12-5-4-6-14(9-12)21-20-22-19(17(27-20)11-18(23)24)13-7-8-15(25-2)16(10-13)26-3/h4-10H,11H2,1-3H3,(H,21,22)(H,23,24). The second-order valence-corrected chi connectivity index (χ2v) is 7.01. The van der Waals surface area contributed by atoms with Crippen LogP contribution in [0, 0.1) is 6.92 Å². The van der Waals surface area contributed by atoms with E-state index in [2.05, 4.69) is 10.3 Å². The van der Waals surface area contributed by atoms with E-state index in [9.17, 15) is 9.90 Å². The zero-order valence-corrected chi connectivity index (χ0v) is 16.1. The Morgan fingerprint density at radius 1 is 1.15 bits per heavy atom. The SMILES string of the molecule is COc1ccc(-c2nc(Nc3cccc(C)c3)sc2CC(=O)O)cc1OC. The molecular formula is C20H20N2O4S. The van der Waals surface area contributed by atoms with Crippen LogP contribution in [-0.4, -0.2) is 30.3 Å². The van der Waals surface area contributed by atoms with Crippen molar-refractivity contribution in [2.75, 3.05) is 19.5 Å². The van der Waals surface area contributed by atoms with Crippen molar-refractivity contribution in [2.24, 2.45) is 0 Å². The summed E-state index contributed by atoms with van der Waals surface area (Å²) in [5, 5.41) is 13.2. The molecule has 3 aromatic rings. The number of carboxylic acids is 1. The smallest absolute Gasteiger partial charge is 0.308 e. The molecule has 0 saturated carbocycles. The first-order valence-corrected chi connectivity index (χ1v) is 9.09. The quantitative estimate of drug-likeness (QED) is 0.624. The number of aryl methyl sites for hydroxylation is 1. The Bertz CT molecular complexity index is 968. The minimum absolute atomic E-state index is 0.100. The molecule has 0 amide bonds. The Labute approximate surface area is 161 Å². The van der Waals surface area contributed by atoms with Gasteiger partial charge in [-0.15, -0.1) is 11.3 Å². The average Bonchev–Trinajstić information content (AvgIpc) is 3.02. The maximum atomic E-state index is 11.3. The molecule has 0 radical (unpaired) electrons. The summed E-state index contributed by atoms with van der Waals surface area (Å²) in [7, 11) is 3.13. The maximum Gasteiger partial charge on any atom is 0.308 e. The number of hydrogen-bond acceptors (Lipinski definition) is 6. The third-order valence-electron chi connectivity index (χ3n) is 3.94. The molecule has 0 aliphatic rings. The number of carboxylic acid groups (broad SMARTS) is 1. The second-order valence-electron chi connectivity index (χ2n) is 5.93. The molecule has 0 bridgehead atoms. The zero-order chi connectivity index (χ0) is 19.4. The van der Waals surface area contributed by atoms with E-state index in [1.807, 2.05) is 37.3 Å². The number of nitrogens with one attached hydrogen (secondary N) is 1. The van der Waals surface area contributed by atoms with E-state index in [-0.39, 0.29) is 6.42 Å². The van der Waals surface area contributed by atoms with Crippen LogP contribution in [0.4, 0.5) is 10.8 Å². The molecule has 0 atom stereocenters. The topological polar surface area (TPSA) is 80.7 Å². The van der Waals surface area contributed by atoms with Crippen molar-refractivity contribution in [3.63, 3.8) is 0 Å². The predicted octanol–water partition coefficient (Wildman–Crippen LogP) is 4.51. The van der Waals surface area contributed by atoms with Gasteiger partial charge in [0.2, 0.25) is 0 Å². The minimum Gasteiger partial charge on any atom is -0.493 e. The minimum atomic E-state index is -0.900. The number of thiazole rings is 1. The Morgan fingerprint density at radius 2 is 1.93 bits per heavy atom. The van der Waals surface area contributed by atoms with Crippen molar-refractivity contribution in [1.82, 2.24) is 4.98 Å². The summed E-state index contributed by atoms with van der Waals surface area (Å²) in [6, 6.07) is 13.4. The van der Waals surface area contributed by atoms with E-state index in [0.717, 1.165) is 16.8 Å². The molecule has 1 aromatic heterocycles. The van der Waals surface area contributed by atoms with Gasteiger partial charge in [-0.3, -0.25) is 4.79 Å². The molecule has 2 aromatic carbocycles. The highest BCUT2D eigenvalue weighted by molar-refractivity contribution is 7.16. The molecule has 0 aliphatic heterocycles. The van der Waals surface area contributed by atoms with Crippen molar-refractivity contribution in [3.05, 3.63) is 52.9 Å². The van der Waals surface area contributed by atoms with Crippen LogP contribution in [0.2, 0.25) is 0 Å². The number of nitrogens with zero attached hydrogens (tertiary/aromatic N) is 1. The lowest BCUT2D eigenvalue weighted by atomic mass is 10.1. The molecule has 0 aliphatic carbocycles. The highest BCUT2D eigenvalue weighted by atomic mass is 32.1. The highest BCUT2D eigenvalue weighted by Crippen LogP contribution is 2.37. The van der Waals surface area contributed by atoms with Crippen molar-refractivity contribution in [1.29, 1.82) is 0 Å². The van der Waals surface area contributed by atoms with Gasteiger partial charge < -0.3 is 19.9 Å². The van der Waals surface area contributed by atoms with E-state index >= 15 is 0 Å². The fraction of sp³-hybridized carbons (Fsp3) is 0.200. The van der Waals surface area contributed by atoms with E-state index in [4.69, 9.17) is 9.47 Å². The lowest BCUT2D eigenvalue weighted by molar-refractivity contribution is -0.136. The van der Waals surface area contributed by atoms with Crippen LogP contribution in [-0.2, 0) is 11.2 Å². The van der Waals surface area contributed by atoms with Crippen LogP contribution < -0.4 is 14.8 Å². The van der Waals surface area contributed by atoms with Crippen LogP contribution in [0.3, 0.4) is 0 Å². The first-order valence-electron chi connectivity index (χ1n) is 8.27. The van der Waals surface area contributed by atoms with Gasteiger partial charge in [-0.25, -0.2) is 4.98 Å². The molecule has 6 nitrogen and oxygen atoms in total. The summed E-state index contributed by atoms with van der Waals surface area (Å²) in [6.07, 6.45) is -0.100. The van der Waals surface area contributed by atoms with Crippen LogP contribution in [0.25, 0.3) is 11.3 Å². The number of benzene rings is 2. The molecule has 1 heterocycles. The molecule has 7 heteroatoms. The normalized spacial score (nSPS) is 10.5. The molecule has 2 N–H and O–H groups in total. The molecule has 140 valence electrons. The van der Waals surface area contributed by atoms with Gasteiger partial charge >= 0.3 is 5.97 Å². The first kappa shape index (κ1) is 18.7. The van der Waals surface area contributed by atoms with Crippen molar-refractivity contribution < 1.29 is 19.4 Å². The van der Waals surface area contributed by atoms with Gasteiger partial charge in [-0.2, -0.15) is 0 Å². The van der Waals surface area contributed by atoms with Crippen LogP contribution in [0.5, 0.6) is 11.5 Å². The number of aliphatic carboxylic acids is 1. The van der Waals surface area contributed by atoms with Crippen LogP contribution in [0.1, 0.15) is 10.4 Å². The number of anilines is 2. The van der Waals surface area contributed by atoms with Crippen LogP contribution in [0.15, 0.2) is 42.5 Å². The lowest BCUT2D eigenvalue weighted by Gasteiger charge is -2.09. The Kier molecular flexibility index (Phi) is 5.61. The van der Waals surface area contributed by atoms with Crippen molar-refractivity contribution in [2.45, 2.75) is 13.3 Å². The molecule has 27 heavy (non-hydrogen) atoms. The fourth-order valence-corrected chi connectivity index (χ4v) is 3.71. The summed E-state index contributed by atoms with van der Waals surface area (Å²) in [5.74, 6) is 0.273. The average molecular weight is 384 g/mol. The Morgan fingerprint density at radius 3 is 2.59 bits per heavy atom. The fourth-order valence-electron chi connectivity index (χ4n) is 2.72. The summed E-state index contributed by atoms with van der Waals surface area (Å²) >= 11 is 1.33. The van der Waals surface area contributed by atoms with Gasteiger partial charge in [-0.05, 0) is 42.8 Å². The first-order chi connectivity index (χ1) is 13.0. The molecule has 3 rings (SSSR count). The number of aromatic nitrogens is 1. The zero-order valence-electron chi connectivity index (χ0n) is 15.3. The summed E-state index contributed by atoms with van der Waals surface area (Å²) < 4.78 is 10.6. The van der Waals surface area contributed by atoms with E-state index in [1.54, 1.807) is 26.4 Å². The highest BCUT2D eigenvalue weighted by Gasteiger charge is 2.18. The Balaban J connectivity index is 2.00. The largest absolute Gasteiger partial charge is 0.493 e. The third-order valence-corrected chi connectivity index (χ3v) is 4.91. The molecule has 0 saturated heterocycles. The van der Waals surface area contributed by atoms with Gasteiger partial charge in [-0.1, -0.05) is 12.1 Å². The van der Waals surface area contributed by atoms with E-state index < -0.39 is 5.97 Å². The monoisotopic (exact) mass is 384 g/mol. The number of carbonyl (C=O) groups is 1. The molecule has 0 spiro atoms. The van der Waals surface area contributed by atoms with Crippen molar-refractivity contribution >= 4 is 28.1 Å². The number of rotatable bonds is 7. The van der Waals surface area contributed by atoms with E-state index in [0.29, 0.717) is 27.2 Å². The number of methoxy groups -OCH3 is 2. The Hall–Kier alpha value is -3.06. The van der Waals surface area contributed by atoms with Gasteiger partial charge in [0.1, 0.15) is 0 Å². The maximum absolute atomic E-state index is 11.3. The lowest BCUT2D eigenvalue weighted by Crippen LogP contribution is -1.99. The number of hydrogen-bond donors (Lipinski definition) is 2.